The first kappa shape index (κ1) is 11.4. The number of carboxylic acids is 1. The van der Waals surface area contributed by atoms with Gasteiger partial charge < -0.3 is 5.11 Å². The molecule has 0 atom stereocenters. The van der Waals surface area contributed by atoms with Crippen molar-refractivity contribution in [3.63, 3.8) is 0 Å². The Labute approximate surface area is 88.2 Å². The minimum atomic E-state index is -1.21. The molecule has 0 bridgehead atoms. The fourth-order valence-electron chi connectivity index (χ4n) is 1.02. The predicted octanol–water partition coefficient (Wildman–Crippen LogP) is 2.01. The second-order valence-corrected chi connectivity index (χ2v) is 3.08. The van der Waals surface area contributed by atoms with Crippen LogP contribution in [0.1, 0.15) is 5.56 Å². The lowest BCUT2D eigenvalue weighted by Crippen LogP contribution is -2.03. The molecule has 7 heteroatoms. The van der Waals surface area contributed by atoms with E-state index >= 15 is 0 Å². The van der Waals surface area contributed by atoms with E-state index in [-0.39, 0.29) is 5.56 Å². The Morgan fingerprint density at radius 3 is 2.67 bits per heavy atom. The molecule has 1 N–H and O–H groups in total. The van der Waals surface area contributed by atoms with Gasteiger partial charge in [-0.25, -0.2) is 0 Å². The molecule has 0 aliphatic rings. The summed E-state index contributed by atoms with van der Waals surface area (Å²) in [6, 6.07) is 2.01. The largest absolute Gasteiger partial charge is 0.481 e. The summed E-state index contributed by atoms with van der Waals surface area (Å²) in [6.07, 6.45) is -0.478. The van der Waals surface area contributed by atoms with Crippen molar-refractivity contribution in [3.05, 3.63) is 38.7 Å². The molecule has 0 saturated heterocycles. The zero-order valence-corrected chi connectivity index (χ0v) is 7.99. The van der Waals surface area contributed by atoms with Gasteiger partial charge in [-0.1, -0.05) is 11.6 Å². The van der Waals surface area contributed by atoms with Gasteiger partial charge in [0.15, 0.2) is 0 Å². The number of hydrogen-bond acceptors (Lipinski definition) is 3. The third-order valence-corrected chi connectivity index (χ3v) is 2.09. The molecule has 0 spiro atoms. The van der Waals surface area contributed by atoms with Crippen LogP contribution in [0.15, 0.2) is 12.1 Å². The normalized spacial score (nSPS) is 10.0. The fourth-order valence-corrected chi connectivity index (χ4v) is 1.25. The van der Waals surface area contributed by atoms with Crippen molar-refractivity contribution in [1.29, 1.82) is 0 Å². The molecule has 80 valence electrons. The Morgan fingerprint density at radius 1 is 1.60 bits per heavy atom. The maximum atomic E-state index is 13.2. The summed E-state index contributed by atoms with van der Waals surface area (Å²) in [7, 11) is 0. The summed E-state index contributed by atoms with van der Waals surface area (Å²) in [5.41, 5.74) is -0.763. The SMILES string of the molecule is O=C(O)Cc1ccc([N+](=O)[O-])c(F)c1Cl. The molecule has 1 rings (SSSR count). The first-order valence-corrected chi connectivity index (χ1v) is 4.14. The molecule has 0 saturated carbocycles. The van der Waals surface area contributed by atoms with Crippen molar-refractivity contribution in [2.24, 2.45) is 0 Å². The number of nitrogens with zero attached hydrogens (tertiary/aromatic N) is 1. The van der Waals surface area contributed by atoms with Gasteiger partial charge in [0.1, 0.15) is 0 Å². The van der Waals surface area contributed by atoms with Gasteiger partial charge in [0.05, 0.1) is 16.4 Å². The molecule has 0 fully saturated rings. The van der Waals surface area contributed by atoms with E-state index in [1.54, 1.807) is 0 Å². The molecular formula is C8H5ClFNO4. The van der Waals surface area contributed by atoms with Gasteiger partial charge in [-0.15, -0.1) is 0 Å². The fraction of sp³-hybridized carbons (Fsp3) is 0.125. The van der Waals surface area contributed by atoms with E-state index in [4.69, 9.17) is 16.7 Å². The molecule has 0 aliphatic carbocycles. The van der Waals surface area contributed by atoms with Crippen LogP contribution in [0.5, 0.6) is 0 Å². The minimum absolute atomic E-state index is 0.00673. The lowest BCUT2D eigenvalue weighted by Gasteiger charge is -2.02. The molecule has 5 nitrogen and oxygen atoms in total. The highest BCUT2D eigenvalue weighted by Gasteiger charge is 2.20. The highest BCUT2D eigenvalue weighted by molar-refractivity contribution is 6.31. The second kappa shape index (κ2) is 4.22. The van der Waals surface area contributed by atoms with E-state index in [1.165, 1.54) is 0 Å². The third-order valence-electron chi connectivity index (χ3n) is 1.68. The van der Waals surface area contributed by atoms with E-state index in [1.807, 2.05) is 0 Å². The van der Waals surface area contributed by atoms with Crippen LogP contribution in [0.3, 0.4) is 0 Å². The monoisotopic (exact) mass is 233 g/mol. The average molecular weight is 234 g/mol. The molecular weight excluding hydrogens is 229 g/mol. The average Bonchev–Trinajstić information content (AvgIpc) is 2.12. The summed E-state index contributed by atoms with van der Waals surface area (Å²) in [5.74, 6) is -2.40. The van der Waals surface area contributed by atoms with Crippen LogP contribution in [0, 0.1) is 15.9 Å². The van der Waals surface area contributed by atoms with Crippen LogP contribution in [-0.2, 0) is 11.2 Å². The Balaban J connectivity index is 3.21. The number of hydrogen-bond donors (Lipinski definition) is 1. The van der Waals surface area contributed by atoms with Gasteiger partial charge in [-0.05, 0) is 11.6 Å². The zero-order valence-electron chi connectivity index (χ0n) is 7.24. The summed E-state index contributed by atoms with van der Waals surface area (Å²) in [6.45, 7) is 0. The van der Waals surface area contributed by atoms with Crippen LogP contribution in [0.4, 0.5) is 10.1 Å². The lowest BCUT2D eigenvalue weighted by molar-refractivity contribution is -0.387. The summed E-state index contributed by atoms with van der Waals surface area (Å²) >= 11 is 5.44. The van der Waals surface area contributed by atoms with E-state index in [0.29, 0.717) is 0 Å². The molecule has 1 aromatic rings. The first-order valence-electron chi connectivity index (χ1n) is 3.76. The van der Waals surface area contributed by atoms with Crippen molar-refractivity contribution in [3.8, 4) is 0 Å². The minimum Gasteiger partial charge on any atom is -0.481 e. The molecule has 0 heterocycles. The second-order valence-electron chi connectivity index (χ2n) is 2.70. The number of rotatable bonds is 3. The van der Waals surface area contributed by atoms with Gasteiger partial charge in [0.2, 0.25) is 5.82 Å². The summed E-state index contributed by atoms with van der Waals surface area (Å²) < 4.78 is 13.2. The topological polar surface area (TPSA) is 80.4 Å². The molecule has 0 aliphatic heterocycles. The first-order chi connectivity index (χ1) is 6.93. The smallest absolute Gasteiger partial charge is 0.307 e. The van der Waals surface area contributed by atoms with Crippen molar-refractivity contribution < 1.29 is 19.2 Å². The number of carboxylic acid groups (broad SMARTS) is 1. The molecule has 0 aromatic heterocycles. The maximum Gasteiger partial charge on any atom is 0.307 e. The number of halogens is 2. The van der Waals surface area contributed by atoms with Gasteiger partial charge >= 0.3 is 11.7 Å². The predicted molar refractivity (Wildman–Crippen MR) is 49.4 cm³/mol. The number of nitro groups is 1. The van der Waals surface area contributed by atoms with E-state index in [2.05, 4.69) is 0 Å². The maximum absolute atomic E-state index is 13.2. The van der Waals surface area contributed by atoms with Crippen LogP contribution in [0.25, 0.3) is 0 Å². The van der Waals surface area contributed by atoms with E-state index in [9.17, 15) is 19.3 Å². The third kappa shape index (κ3) is 2.41. The zero-order chi connectivity index (χ0) is 11.6. The molecule has 0 amide bonds. The molecule has 15 heavy (non-hydrogen) atoms. The lowest BCUT2D eigenvalue weighted by atomic mass is 10.1. The Bertz CT molecular complexity index is 435. The van der Waals surface area contributed by atoms with Crippen LogP contribution < -0.4 is 0 Å². The highest BCUT2D eigenvalue weighted by Crippen LogP contribution is 2.28. The van der Waals surface area contributed by atoms with Gasteiger partial charge in [-0.2, -0.15) is 4.39 Å². The van der Waals surface area contributed by atoms with Gasteiger partial charge in [0.25, 0.3) is 0 Å². The number of nitro benzene ring substituents is 1. The highest BCUT2D eigenvalue weighted by atomic mass is 35.5. The molecule has 1 aromatic carbocycles. The van der Waals surface area contributed by atoms with Crippen LogP contribution >= 0.6 is 11.6 Å². The van der Waals surface area contributed by atoms with Crippen LogP contribution in [-0.4, -0.2) is 16.0 Å². The molecule has 0 radical (unpaired) electrons. The van der Waals surface area contributed by atoms with E-state index in [0.717, 1.165) is 12.1 Å². The molecule has 0 unspecified atom stereocenters. The van der Waals surface area contributed by atoms with Crippen molar-refractivity contribution in [2.45, 2.75) is 6.42 Å². The number of benzene rings is 1. The van der Waals surface area contributed by atoms with E-state index < -0.39 is 33.8 Å². The van der Waals surface area contributed by atoms with Crippen molar-refractivity contribution >= 4 is 23.3 Å². The van der Waals surface area contributed by atoms with Crippen molar-refractivity contribution in [2.75, 3.05) is 0 Å². The number of aliphatic carboxylic acids is 1. The van der Waals surface area contributed by atoms with Crippen molar-refractivity contribution in [1.82, 2.24) is 0 Å². The van der Waals surface area contributed by atoms with Gasteiger partial charge in [0, 0.05) is 6.07 Å². The standard InChI is InChI=1S/C8H5ClFNO4/c9-7-4(3-6(12)13)1-2-5(8(7)10)11(14)15/h1-2H,3H2,(H,12,13). The quantitative estimate of drug-likeness (QED) is 0.640. The summed E-state index contributed by atoms with van der Waals surface area (Å²) in [4.78, 5) is 19.7. The number of carbonyl (C=O) groups is 1. The Morgan fingerprint density at radius 2 is 2.20 bits per heavy atom. The van der Waals surface area contributed by atoms with Gasteiger partial charge in [-0.3, -0.25) is 14.9 Å². The summed E-state index contributed by atoms with van der Waals surface area (Å²) in [5, 5.41) is 18.2. The Hall–Kier alpha value is -1.69. The Kier molecular flexibility index (Phi) is 3.21. The van der Waals surface area contributed by atoms with Crippen LogP contribution in [0.2, 0.25) is 5.02 Å².